The van der Waals surface area contributed by atoms with E-state index in [2.05, 4.69) is 17.4 Å². The topological polar surface area (TPSA) is 72.8 Å². The maximum Gasteiger partial charge on any atom is 0.234 e. The van der Waals surface area contributed by atoms with Crippen molar-refractivity contribution in [1.82, 2.24) is 10.2 Å². The number of benzene rings is 1. The first kappa shape index (κ1) is 15.0. The summed E-state index contributed by atoms with van der Waals surface area (Å²) < 4.78 is 0. The van der Waals surface area contributed by atoms with Crippen LogP contribution in [0.1, 0.15) is 12.0 Å². The largest absolute Gasteiger partial charge is 0.389 e. The van der Waals surface area contributed by atoms with Gasteiger partial charge in [-0.3, -0.25) is 9.69 Å². The van der Waals surface area contributed by atoms with Crippen molar-refractivity contribution in [1.29, 1.82) is 0 Å². The molecule has 1 saturated heterocycles. The van der Waals surface area contributed by atoms with E-state index in [0.29, 0.717) is 19.6 Å². The van der Waals surface area contributed by atoms with Crippen molar-refractivity contribution < 1.29 is 15.0 Å². The number of likely N-dealkylation sites (tertiary alicyclic amines) is 1. The van der Waals surface area contributed by atoms with Crippen LogP contribution in [0, 0.1) is 0 Å². The van der Waals surface area contributed by atoms with Gasteiger partial charge in [0.1, 0.15) is 0 Å². The highest BCUT2D eigenvalue weighted by molar-refractivity contribution is 5.78. The lowest BCUT2D eigenvalue weighted by molar-refractivity contribution is -0.122. The second kappa shape index (κ2) is 7.38. The first-order valence-electron chi connectivity index (χ1n) is 7.04. The predicted molar refractivity (Wildman–Crippen MR) is 76.2 cm³/mol. The molecule has 1 aromatic rings. The quantitative estimate of drug-likeness (QED) is 0.629. The molecular weight excluding hydrogens is 256 g/mol. The second-order valence-corrected chi connectivity index (χ2v) is 5.27. The van der Waals surface area contributed by atoms with E-state index in [9.17, 15) is 15.0 Å². The van der Waals surface area contributed by atoms with Crippen molar-refractivity contribution in [2.75, 3.05) is 26.2 Å². The Bertz CT molecular complexity index is 414. The number of carbonyl (C=O) groups is 1. The van der Waals surface area contributed by atoms with Gasteiger partial charge in [0, 0.05) is 19.6 Å². The number of amides is 1. The zero-order valence-electron chi connectivity index (χ0n) is 11.5. The summed E-state index contributed by atoms with van der Waals surface area (Å²) in [5.41, 5.74) is 1.27. The van der Waals surface area contributed by atoms with Gasteiger partial charge in [-0.1, -0.05) is 30.3 Å². The summed E-state index contributed by atoms with van der Waals surface area (Å²) in [6.45, 7) is 1.60. The third kappa shape index (κ3) is 4.59. The van der Waals surface area contributed by atoms with Crippen molar-refractivity contribution in [3.8, 4) is 0 Å². The van der Waals surface area contributed by atoms with Gasteiger partial charge in [-0.2, -0.15) is 0 Å². The molecule has 1 aliphatic rings. The average Bonchev–Trinajstić information content (AvgIpc) is 2.74. The molecule has 5 nitrogen and oxygen atoms in total. The van der Waals surface area contributed by atoms with Crippen molar-refractivity contribution in [2.24, 2.45) is 0 Å². The number of carbonyl (C=O) groups excluding carboxylic acids is 1. The first-order chi connectivity index (χ1) is 9.65. The van der Waals surface area contributed by atoms with Crippen LogP contribution in [-0.2, 0) is 11.2 Å². The lowest BCUT2D eigenvalue weighted by Gasteiger charge is -2.14. The van der Waals surface area contributed by atoms with Gasteiger partial charge < -0.3 is 15.5 Å². The monoisotopic (exact) mass is 278 g/mol. The fourth-order valence-corrected chi connectivity index (χ4v) is 2.40. The van der Waals surface area contributed by atoms with Crippen molar-refractivity contribution in [2.45, 2.75) is 25.0 Å². The van der Waals surface area contributed by atoms with E-state index in [0.717, 1.165) is 12.8 Å². The molecule has 0 aliphatic carbocycles. The van der Waals surface area contributed by atoms with Crippen molar-refractivity contribution in [3.05, 3.63) is 35.9 Å². The highest BCUT2D eigenvalue weighted by Crippen LogP contribution is 2.08. The van der Waals surface area contributed by atoms with E-state index >= 15 is 0 Å². The van der Waals surface area contributed by atoms with Gasteiger partial charge >= 0.3 is 0 Å². The molecule has 0 radical (unpaired) electrons. The van der Waals surface area contributed by atoms with Gasteiger partial charge in [-0.15, -0.1) is 0 Å². The third-order valence-corrected chi connectivity index (χ3v) is 3.51. The van der Waals surface area contributed by atoms with Gasteiger partial charge in [-0.25, -0.2) is 0 Å². The lowest BCUT2D eigenvalue weighted by Crippen LogP contribution is -2.37. The smallest absolute Gasteiger partial charge is 0.234 e. The van der Waals surface area contributed by atoms with Gasteiger partial charge in [0.2, 0.25) is 5.91 Å². The van der Waals surface area contributed by atoms with E-state index in [1.165, 1.54) is 5.56 Å². The Balaban J connectivity index is 1.59. The fraction of sp³-hybridized carbons (Fsp3) is 0.533. The van der Waals surface area contributed by atoms with E-state index in [-0.39, 0.29) is 12.5 Å². The maximum absolute atomic E-state index is 11.7. The Kier molecular flexibility index (Phi) is 5.52. The highest BCUT2D eigenvalue weighted by atomic mass is 16.3. The minimum atomic E-state index is -0.735. The number of aryl methyl sites for hydroxylation is 1. The first-order valence-corrected chi connectivity index (χ1v) is 7.04. The number of rotatable bonds is 6. The molecule has 1 fully saturated rings. The van der Waals surface area contributed by atoms with Crippen molar-refractivity contribution in [3.63, 3.8) is 0 Å². The minimum absolute atomic E-state index is 0.0561. The summed E-state index contributed by atoms with van der Waals surface area (Å²) in [5.74, 6) is -0.0561. The molecule has 2 rings (SSSR count). The van der Waals surface area contributed by atoms with Crippen LogP contribution < -0.4 is 5.32 Å². The van der Waals surface area contributed by atoms with Crippen LogP contribution in [0.3, 0.4) is 0 Å². The molecule has 3 N–H and O–H groups in total. The molecule has 20 heavy (non-hydrogen) atoms. The molecular formula is C15H22N2O3. The Morgan fingerprint density at radius 2 is 1.85 bits per heavy atom. The fourth-order valence-electron chi connectivity index (χ4n) is 2.40. The van der Waals surface area contributed by atoms with Crippen LogP contribution in [0.25, 0.3) is 0 Å². The summed E-state index contributed by atoms with van der Waals surface area (Å²) >= 11 is 0. The molecule has 2 atom stereocenters. The molecule has 1 aliphatic heterocycles. The van der Waals surface area contributed by atoms with E-state index in [4.69, 9.17) is 0 Å². The Morgan fingerprint density at radius 3 is 2.50 bits per heavy atom. The molecule has 0 aromatic heterocycles. The zero-order chi connectivity index (χ0) is 14.4. The number of aliphatic hydroxyl groups is 2. The maximum atomic E-state index is 11.7. The van der Waals surface area contributed by atoms with Crippen molar-refractivity contribution >= 4 is 5.91 Å². The number of β-amino-alcohol motifs (C(OH)–C–C–N with tert-alkyl or cyclic N) is 2. The summed E-state index contributed by atoms with van der Waals surface area (Å²) in [6, 6.07) is 10.2. The molecule has 2 unspecified atom stereocenters. The van der Waals surface area contributed by atoms with Gasteiger partial charge in [0.25, 0.3) is 0 Å². The molecule has 1 aromatic carbocycles. The summed E-state index contributed by atoms with van der Waals surface area (Å²) in [5, 5.41) is 21.7. The van der Waals surface area contributed by atoms with E-state index < -0.39 is 12.2 Å². The SMILES string of the molecule is O=C(CN1CC(O)C(O)C1)NCCCc1ccccc1. The van der Waals surface area contributed by atoms with Crippen LogP contribution in [0.2, 0.25) is 0 Å². The predicted octanol–water partition coefficient (Wildman–Crippen LogP) is -0.227. The molecule has 1 heterocycles. The van der Waals surface area contributed by atoms with Gasteiger partial charge in [-0.05, 0) is 18.4 Å². The molecule has 110 valence electrons. The van der Waals surface area contributed by atoms with Gasteiger partial charge in [0.05, 0.1) is 18.8 Å². The van der Waals surface area contributed by atoms with Crippen LogP contribution in [-0.4, -0.2) is 59.4 Å². The zero-order valence-corrected chi connectivity index (χ0v) is 11.5. The standard InChI is InChI=1S/C15H22N2O3/c18-13-9-17(10-14(13)19)11-15(20)16-8-4-7-12-5-2-1-3-6-12/h1-3,5-6,13-14,18-19H,4,7-11H2,(H,16,20). The minimum Gasteiger partial charge on any atom is -0.389 e. The number of hydrogen-bond acceptors (Lipinski definition) is 4. The molecule has 5 heteroatoms. The Morgan fingerprint density at radius 1 is 1.20 bits per heavy atom. The summed E-state index contributed by atoms with van der Waals surface area (Å²) in [7, 11) is 0. The Labute approximate surface area is 119 Å². The molecule has 0 saturated carbocycles. The molecule has 0 bridgehead atoms. The van der Waals surface area contributed by atoms with Gasteiger partial charge in [0.15, 0.2) is 0 Å². The van der Waals surface area contributed by atoms with Crippen LogP contribution in [0.15, 0.2) is 30.3 Å². The summed E-state index contributed by atoms with van der Waals surface area (Å²) in [4.78, 5) is 13.5. The summed E-state index contributed by atoms with van der Waals surface area (Å²) in [6.07, 6.45) is 0.380. The molecule has 0 spiro atoms. The number of aliphatic hydroxyl groups excluding tert-OH is 2. The Hall–Kier alpha value is -1.43. The van der Waals surface area contributed by atoms with E-state index in [1.54, 1.807) is 4.90 Å². The van der Waals surface area contributed by atoms with Crippen LogP contribution in [0.4, 0.5) is 0 Å². The van der Waals surface area contributed by atoms with Crippen LogP contribution in [0.5, 0.6) is 0 Å². The highest BCUT2D eigenvalue weighted by Gasteiger charge is 2.30. The number of hydrogen-bond donors (Lipinski definition) is 3. The molecule has 1 amide bonds. The van der Waals surface area contributed by atoms with Crippen LogP contribution >= 0.6 is 0 Å². The number of nitrogens with zero attached hydrogens (tertiary/aromatic N) is 1. The second-order valence-electron chi connectivity index (χ2n) is 5.27. The third-order valence-electron chi connectivity index (χ3n) is 3.51. The normalized spacial score (nSPS) is 22.9. The number of nitrogens with one attached hydrogen (secondary N) is 1. The van der Waals surface area contributed by atoms with E-state index in [1.807, 2.05) is 18.2 Å². The lowest BCUT2D eigenvalue weighted by atomic mass is 10.1. The average molecular weight is 278 g/mol.